The topological polar surface area (TPSA) is 15.3 Å². The summed E-state index contributed by atoms with van der Waals surface area (Å²) in [7, 11) is 0. The lowest BCUT2D eigenvalue weighted by atomic mass is 9.93. The molecule has 0 amide bonds. The predicted octanol–water partition coefficient (Wildman–Crippen LogP) is 3.18. The number of benzene rings is 1. The largest absolute Gasteiger partial charge is 0.369 e. The zero-order valence-corrected chi connectivity index (χ0v) is 11.6. The molecule has 1 aromatic carbocycles. The van der Waals surface area contributed by atoms with E-state index in [0.29, 0.717) is 17.6 Å². The minimum Gasteiger partial charge on any atom is -0.369 e. The molecule has 1 aliphatic rings. The van der Waals surface area contributed by atoms with Crippen molar-refractivity contribution in [3.05, 3.63) is 29.8 Å². The highest BCUT2D eigenvalue weighted by Crippen LogP contribution is 2.26. The Morgan fingerprint density at radius 2 is 2.16 bits per heavy atom. The predicted molar refractivity (Wildman–Crippen MR) is 74.4 cm³/mol. The monoisotopic (exact) mass is 268 g/mol. The summed E-state index contributed by atoms with van der Waals surface area (Å²) in [6, 6.07) is 4.87. The van der Waals surface area contributed by atoms with Crippen molar-refractivity contribution >= 4 is 5.69 Å². The molecular formula is C15H22F2N2. The summed E-state index contributed by atoms with van der Waals surface area (Å²) in [4.78, 5) is 1.95. The van der Waals surface area contributed by atoms with Crippen molar-refractivity contribution in [1.82, 2.24) is 5.32 Å². The summed E-state index contributed by atoms with van der Waals surface area (Å²) >= 11 is 0. The Labute approximate surface area is 113 Å². The summed E-state index contributed by atoms with van der Waals surface area (Å²) in [6.45, 7) is 6.86. The van der Waals surface area contributed by atoms with Crippen LogP contribution in [-0.2, 0) is 0 Å². The molecule has 0 radical (unpaired) electrons. The smallest absolute Gasteiger partial charge is 0.182 e. The fourth-order valence-corrected chi connectivity index (χ4v) is 2.73. The fraction of sp³-hybridized carbons (Fsp3) is 0.600. The number of hydrogen-bond donors (Lipinski definition) is 1. The van der Waals surface area contributed by atoms with Crippen LogP contribution < -0.4 is 10.2 Å². The minimum absolute atomic E-state index is 0.390. The van der Waals surface area contributed by atoms with Gasteiger partial charge in [-0.2, -0.15) is 0 Å². The molecule has 1 aliphatic heterocycles. The summed E-state index contributed by atoms with van der Waals surface area (Å²) in [5, 5.41) is 3.52. The molecule has 4 heteroatoms. The highest BCUT2D eigenvalue weighted by Gasteiger charge is 2.27. The van der Waals surface area contributed by atoms with Gasteiger partial charge in [0.15, 0.2) is 11.6 Å². The Bertz CT molecular complexity index is 423. The van der Waals surface area contributed by atoms with Crippen molar-refractivity contribution in [2.75, 3.05) is 24.5 Å². The molecule has 2 unspecified atom stereocenters. The SMILES string of the molecule is CCCNC1CCN(c2cccc(F)c2F)CC1C. The Morgan fingerprint density at radius 1 is 1.37 bits per heavy atom. The minimum atomic E-state index is -0.767. The number of anilines is 1. The summed E-state index contributed by atoms with van der Waals surface area (Å²) in [5.74, 6) is -1.06. The summed E-state index contributed by atoms with van der Waals surface area (Å²) < 4.78 is 27.0. The van der Waals surface area contributed by atoms with Crippen molar-refractivity contribution in [2.45, 2.75) is 32.7 Å². The molecule has 2 nitrogen and oxygen atoms in total. The third kappa shape index (κ3) is 3.24. The number of nitrogens with zero attached hydrogens (tertiary/aromatic N) is 1. The maximum atomic E-state index is 13.8. The van der Waals surface area contributed by atoms with Gasteiger partial charge in [0.05, 0.1) is 5.69 Å². The van der Waals surface area contributed by atoms with Gasteiger partial charge in [0.2, 0.25) is 0 Å². The van der Waals surface area contributed by atoms with Gasteiger partial charge in [-0.1, -0.05) is 19.9 Å². The maximum Gasteiger partial charge on any atom is 0.182 e. The quantitative estimate of drug-likeness (QED) is 0.902. The van der Waals surface area contributed by atoms with Gasteiger partial charge < -0.3 is 10.2 Å². The fourth-order valence-electron chi connectivity index (χ4n) is 2.73. The second kappa shape index (κ2) is 6.33. The van der Waals surface area contributed by atoms with E-state index in [9.17, 15) is 8.78 Å². The average Bonchev–Trinajstić information content (AvgIpc) is 2.40. The maximum absolute atomic E-state index is 13.8. The molecule has 106 valence electrons. The lowest BCUT2D eigenvalue weighted by molar-refractivity contribution is 0.320. The molecule has 1 N–H and O–H groups in total. The molecule has 2 atom stereocenters. The van der Waals surface area contributed by atoms with Gasteiger partial charge in [0, 0.05) is 19.1 Å². The van der Waals surface area contributed by atoms with Crippen molar-refractivity contribution in [2.24, 2.45) is 5.92 Å². The molecule has 0 aliphatic carbocycles. The number of nitrogens with one attached hydrogen (secondary N) is 1. The molecule has 19 heavy (non-hydrogen) atoms. The first-order valence-corrected chi connectivity index (χ1v) is 7.05. The number of halogens is 2. The van der Waals surface area contributed by atoms with E-state index in [2.05, 4.69) is 19.2 Å². The highest BCUT2D eigenvalue weighted by molar-refractivity contribution is 5.48. The first kappa shape index (κ1) is 14.3. The first-order valence-electron chi connectivity index (χ1n) is 7.05. The molecule has 1 saturated heterocycles. The van der Waals surface area contributed by atoms with E-state index in [-0.39, 0.29) is 0 Å². The van der Waals surface area contributed by atoms with Crippen LogP contribution in [-0.4, -0.2) is 25.7 Å². The number of piperidine rings is 1. The summed E-state index contributed by atoms with van der Waals surface area (Å²) in [5.41, 5.74) is 0.390. The van der Waals surface area contributed by atoms with E-state index in [1.54, 1.807) is 12.1 Å². The Balaban J connectivity index is 2.03. The van der Waals surface area contributed by atoms with Crippen molar-refractivity contribution in [3.8, 4) is 0 Å². The average molecular weight is 268 g/mol. The van der Waals surface area contributed by atoms with Crippen molar-refractivity contribution in [3.63, 3.8) is 0 Å². The van der Waals surface area contributed by atoms with Crippen LogP contribution in [0, 0.1) is 17.6 Å². The lowest BCUT2D eigenvalue weighted by Crippen LogP contribution is -2.48. The zero-order chi connectivity index (χ0) is 13.8. The molecule has 0 aromatic heterocycles. The highest BCUT2D eigenvalue weighted by atomic mass is 19.2. The van der Waals surface area contributed by atoms with Gasteiger partial charge >= 0.3 is 0 Å². The zero-order valence-electron chi connectivity index (χ0n) is 11.6. The Morgan fingerprint density at radius 3 is 2.84 bits per heavy atom. The van der Waals surface area contributed by atoms with Crippen LogP contribution in [0.15, 0.2) is 18.2 Å². The van der Waals surface area contributed by atoms with Gasteiger partial charge in [-0.05, 0) is 37.4 Å². The molecule has 1 aromatic rings. The van der Waals surface area contributed by atoms with Crippen LogP contribution in [0.2, 0.25) is 0 Å². The van der Waals surface area contributed by atoms with E-state index in [1.165, 1.54) is 0 Å². The molecule has 0 bridgehead atoms. The van der Waals surface area contributed by atoms with Crippen molar-refractivity contribution < 1.29 is 8.78 Å². The van der Waals surface area contributed by atoms with Crippen LogP contribution in [0.1, 0.15) is 26.7 Å². The Hall–Kier alpha value is -1.16. The van der Waals surface area contributed by atoms with Crippen LogP contribution in [0.3, 0.4) is 0 Å². The Kier molecular flexibility index (Phi) is 4.75. The van der Waals surface area contributed by atoms with Gasteiger partial charge in [0.25, 0.3) is 0 Å². The second-order valence-corrected chi connectivity index (χ2v) is 5.35. The van der Waals surface area contributed by atoms with E-state index in [1.807, 2.05) is 4.90 Å². The first-order chi connectivity index (χ1) is 9.13. The molecular weight excluding hydrogens is 246 g/mol. The van der Waals surface area contributed by atoms with E-state index in [4.69, 9.17) is 0 Å². The van der Waals surface area contributed by atoms with Gasteiger partial charge in [-0.15, -0.1) is 0 Å². The molecule has 0 spiro atoms. The third-order valence-electron chi connectivity index (χ3n) is 3.83. The van der Waals surface area contributed by atoms with Crippen LogP contribution >= 0.6 is 0 Å². The molecule has 1 heterocycles. The van der Waals surface area contributed by atoms with E-state index < -0.39 is 11.6 Å². The molecule has 0 saturated carbocycles. The second-order valence-electron chi connectivity index (χ2n) is 5.35. The van der Waals surface area contributed by atoms with Gasteiger partial charge in [-0.25, -0.2) is 8.78 Å². The van der Waals surface area contributed by atoms with E-state index in [0.717, 1.165) is 38.5 Å². The normalized spacial score (nSPS) is 23.7. The van der Waals surface area contributed by atoms with Crippen LogP contribution in [0.4, 0.5) is 14.5 Å². The summed E-state index contributed by atoms with van der Waals surface area (Å²) in [6.07, 6.45) is 2.09. The molecule has 1 fully saturated rings. The van der Waals surface area contributed by atoms with E-state index >= 15 is 0 Å². The number of rotatable bonds is 4. The van der Waals surface area contributed by atoms with Gasteiger partial charge in [0.1, 0.15) is 0 Å². The third-order valence-corrected chi connectivity index (χ3v) is 3.83. The lowest BCUT2D eigenvalue weighted by Gasteiger charge is -2.38. The van der Waals surface area contributed by atoms with Gasteiger partial charge in [-0.3, -0.25) is 0 Å². The van der Waals surface area contributed by atoms with Crippen molar-refractivity contribution in [1.29, 1.82) is 0 Å². The number of hydrogen-bond acceptors (Lipinski definition) is 2. The van der Waals surface area contributed by atoms with Crippen LogP contribution in [0.25, 0.3) is 0 Å². The van der Waals surface area contributed by atoms with Crippen LogP contribution in [0.5, 0.6) is 0 Å². The standard InChI is InChI=1S/C15H22F2N2/c1-3-8-18-13-7-9-19(10-11(13)2)14-6-4-5-12(16)15(14)17/h4-6,11,13,18H,3,7-10H2,1-2H3. The molecule has 2 rings (SSSR count).